The zero-order chi connectivity index (χ0) is 12.8. The fraction of sp³-hybridized carbons (Fsp3) is 0.833. The van der Waals surface area contributed by atoms with E-state index in [1.165, 1.54) is 24.2 Å². The lowest BCUT2D eigenvalue weighted by Crippen LogP contribution is -2.46. The number of nitrogens with zero attached hydrogens (tertiary/aromatic N) is 1. The van der Waals surface area contributed by atoms with Gasteiger partial charge in [0.1, 0.15) is 6.54 Å². The summed E-state index contributed by atoms with van der Waals surface area (Å²) in [4.78, 5) is 23.7. The third kappa shape index (κ3) is 5.56. The lowest BCUT2D eigenvalue weighted by molar-refractivity contribution is -0.138. The highest BCUT2D eigenvalue weighted by Crippen LogP contribution is 2.33. The topological polar surface area (TPSA) is 69.6 Å². The number of hydrogen-bond acceptors (Lipinski definition) is 2. The van der Waals surface area contributed by atoms with Gasteiger partial charge in [-0.05, 0) is 32.6 Å². The highest BCUT2D eigenvalue weighted by molar-refractivity contribution is 5.80. The predicted molar refractivity (Wildman–Crippen MR) is 64.8 cm³/mol. The molecule has 1 aliphatic carbocycles. The minimum atomic E-state index is -0.980. The van der Waals surface area contributed by atoms with Crippen molar-refractivity contribution < 1.29 is 14.7 Å². The summed E-state index contributed by atoms with van der Waals surface area (Å²) in [6.07, 6.45) is 4.80. The van der Waals surface area contributed by atoms with Crippen LogP contribution in [0.5, 0.6) is 0 Å². The molecule has 0 aromatic heterocycles. The molecule has 98 valence electrons. The monoisotopic (exact) mass is 242 g/mol. The van der Waals surface area contributed by atoms with Gasteiger partial charge in [0, 0.05) is 12.6 Å². The van der Waals surface area contributed by atoms with E-state index in [1.54, 1.807) is 0 Å². The summed E-state index contributed by atoms with van der Waals surface area (Å²) in [7, 11) is 0. The van der Waals surface area contributed by atoms with Crippen LogP contribution in [0.25, 0.3) is 0 Å². The van der Waals surface area contributed by atoms with Gasteiger partial charge in [0.15, 0.2) is 0 Å². The Balaban J connectivity index is 2.22. The molecule has 0 atom stereocenters. The fourth-order valence-electron chi connectivity index (χ4n) is 1.73. The van der Waals surface area contributed by atoms with Gasteiger partial charge in [0.2, 0.25) is 0 Å². The van der Waals surface area contributed by atoms with Crippen LogP contribution in [-0.2, 0) is 4.79 Å². The maximum atomic E-state index is 11.7. The summed E-state index contributed by atoms with van der Waals surface area (Å²) < 4.78 is 0. The van der Waals surface area contributed by atoms with Crippen LogP contribution in [0.4, 0.5) is 4.79 Å². The van der Waals surface area contributed by atoms with Crippen molar-refractivity contribution in [3.63, 3.8) is 0 Å². The number of urea groups is 1. The van der Waals surface area contributed by atoms with Crippen LogP contribution in [0.3, 0.4) is 0 Å². The molecule has 1 saturated carbocycles. The number of aliphatic carboxylic acids is 1. The summed E-state index contributed by atoms with van der Waals surface area (Å²) in [6, 6.07) is -0.382. The number of amides is 2. The summed E-state index contributed by atoms with van der Waals surface area (Å²) in [5, 5.41) is 11.5. The van der Waals surface area contributed by atoms with E-state index in [2.05, 4.69) is 5.32 Å². The molecule has 2 N–H and O–H groups in total. The van der Waals surface area contributed by atoms with E-state index in [9.17, 15) is 9.59 Å². The van der Waals surface area contributed by atoms with Crippen molar-refractivity contribution in [3.05, 3.63) is 0 Å². The average molecular weight is 242 g/mol. The minimum Gasteiger partial charge on any atom is -0.480 e. The number of nitrogens with one attached hydrogen (secondary N) is 1. The fourth-order valence-corrected chi connectivity index (χ4v) is 1.73. The van der Waals surface area contributed by atoms with Gasteiger partial charge in [0.05, 0.1) is 0 Å². The maximum absolute atomic E-state index is 11.7. The van der Waals surface area contributed by atoms with Gasteiger partial charge in [-0.3, -0.25) is 4.79 Å². The summed E-state index contributed by atoms with van der Waals surface area (Å²) in [5.74, 6) is -0.112. The smallest absolute Gasteiger partial charge is 0.323 e. The van der Waals surface area contributed by atoms with E-state index in [-0.39, 0.29) is 18.6 Å². The number of carbonyl (C=O) groups excluding carboxylic acids is 1. The Kier molecular flexibility index (Phi) is 5.25. The molecule has 0 aliphatic heterocycles. The molecule has 0 saturated heterocycles. The normalized spacial score (nSPS) is 14.8. The molecule has 1 aliphatic rings. The van der Waals surface area contributed by atoms with Gasteiger partial charge in [-0.1, -0.05) is 12.8 Å². The molecule has 0 aromatic rings. The zero-order valence-electron chi connectivity index (χ0n) is 10.6. The van der Waals surface area contributed by atoms with Crippen LogP contribution in [0.2, 0.25) is 0 Å². The molecule has 1 fully saturated rings. The van der Waals surface area contributed by atoms with E-state index in [0.717, 1.165) is 12.3 Å². The van der Waals surface area contributed by atoms with Gasteiger partial charge >= 0.3 is 12.0 Å². The van der Waals surface area contributed by atoms with Crippen molar-refractivity contribution in [1.29, 1.82) is 0 Å². The van der Waals surface area contributed by atoms with Gasteiger partial charge in [0.25, 0.3) is 0 Å². The molecule has 1 rings (SSSR count). The van der Waals surface area contributed by atoms with Gasteiger partial charge in [-0.25, -0.2) is 4.79 Å². The van der Waals surface area contributed by atoms with E-state index < -0.39 is 5.97 Å². The molecule has 5 nitrogen and oxygen atoms in total. The molecular weight excluding hydrogens is 220 g/mol. The van der Waals surface area contributed by atoms with E-state index >= 15 is 0 Å². The largest absolute Gasteiger partial charge is 0.480 e. The Hall–Kier alpha value is -1.26. The second-order valence-electron chi connectivity index (χ2n) is 4.93. The number of rotatable bonds is 7. The minimum absolute atomic E-state index is 0.102. The standard InChI is InChI=1S/C12H22N2O3/c1-9(2)14(8-11(15)16)12(17)13-7-3-4-10-5-6-10/h9-10H,3-8H2,1-2H3,(H,13,17)(H,15,16). The van der Waals surface area contributed by atoms with E-state index in [1.807, 2.05) is 13.8 Å². The number of carbonyl (C=O) groups is 2. The SMILES string of the molecule is CC(C)N(CC(=O)O)C(=O)NCCCC1CC1. The molecule has 0 heterocycles. The van der Waals surface area contributed by atoms with Crippen molar-refractivity contribution in [2.75, 3.05) is 13.1 Å². The predicted octanol–water partition coefficient (Wildman–Crippen LogP) is 1.68. The third-order valence-corrected chi connectivity index (χ3v) is 2.95. The van der Waals surface area contributed by atoms with Crippen molar-refractivity contribution in [1.82, 2.24) is 10.2 Å². The molecule has 0 unspecified atom stereocenters. The van der Waals surface area contributed by atoms with Crippen LogP contribution in [0, 0.1) is 5.92 Å². The summed E-state index contributed by atoms with van der Waals surface area (Å²) in [5.41, 5.74) is 0. The molecule has 0 radical (unpaired) electrons. The first kappa shape index (κ1) is 13.8. The van der Waals surface area contributed by atoms with Crippen LogP contribution in [-0.4, -0.2) is 41.1 Å². The lowest BCUT2D eigenvalue weighted by Gasteiger charge is -2.25. The van der Waals surface area contributed by atoms with Crippen LogP contribution in [0.15, 0.2) is 0 Å². The molecule has 0 spiro atoms. The Labute approximate surface area is 102 Å². The quantitative estimate of drug-likeness (QED) is 0.667. The van der Waals surface area contributed by atoms with Crippen LogP contribution >= 0.6 is 0 Å². The zero-order valence-corrected chi connectivity index (χ0v) is 10.6. The average Bonchev–Trinajstić information content (AvgIpc) is 3.03. The van der Waals surface area contributed by atoms with Gasteiger partial charge in [-0.2, -0.15) is 0 Å². The Morgan fingerprint density at radius 3 is 2.53 bits per heavy atom. The van der Waals surface area contributed by atoms with E-state index in [0.29, 0.717) is 6.54 Å². The third-order valence-electron chi connectivity index (χ3n) is 2.95. The first-order valence-electron chi connectivity index (χ1n) is 6.27. The number of carboxylic acid groups (broad SMARTS) is 1. The van der Waals surface area contributed by atoms with Crippen molar-refractivity contribution in [3.8, 4) is 0 Å². The Morgan fingerprint density at radius 1 is 1.41 bits per heavy atom. The summed E-state index contributed by atoms with van der Waals surface area (Å²) >= 11 is 0. The number of hydrogen-bond donors (Lipinski definition) is 2. The lowest BCUT2D eigenvalue weighted by atomic mass is 10.2. The Bertz CT molecular complexity index is 275. The second-order valence-corrected chi connectivity index (χ2v) is 4.93. The molecule has 0 aromatic carbocycles. The molecule has 5 heteroatoms. The second kappa shape index (κ2) is 6.47. The Morgan fingerprint density at radius 2 is 2.06 bits per heavy atom. The number of carboxylic acids is 1. The van der Waals surface area contributed by atoms with Crippen LogP contribution in [0.1, 0.15) is 39.5 Å². The molecule has 2 amide bonds. The molecule has 17 heavy (non-hydrogen) atoms. The maximum Gasteiger partial charge on any atom is 0.323 e. The van der Waals surface area contributed by atoms with Crippen molar-refractivity contribution in [2.45, 2.75) is 45.6 Å². The van der Waals surface area contributed by atoms with Gasteiger partial charge < -0.3 is 15.3 Å². The van der Waals surface area contributed by atoms with E-state index in [4.69, 9.17) is 5.11 Å². The highest BCUT2D eigenvalue weighted by Gasteiger charge is 2.21. The van der Waals surface area contributed by atoms with Gasteiger partial charge in [-0.15, -0.1) is 0 Å². The first-order valence-corrected chi connectivity index (χ1v) is 6.27. The summed E-state index contributed by atoms with van der Waals surface area (Å²) in [6.45, 7) is 4.02. The van der Waals surface area contributed by atoms with Crippen LogP contribution < -0.4 is 5.32 Å². The first-order chi connectivity index (χ1) is 8.00. The van der Waals surface area contributed by atoms with Crippen molar-refractivity contribution in [2.24, 2.45) is 5.92 Å². The molecule has 0 bridgehead atoms. The highest BCUT2D eigenvalue weighted by atomic mass is 16.4. The molecular formula is C12H22N2O3. The van der Waals surface area contributed by atoms with Crippen molar-refractivity contribution >= 4 is 12.0 Å².